The number of sulfonamides is 1. The summed E-state index contributed by atoms with van der Waals surface area (Å²) in [5.74, 6) is -0.509. The molecule has 236 valence electrons. The Hall–Kier alpha value is -2.98. The maximum absolute atomic E-state index is 14.3. The Morgan fingerprint density at radius 2 is 1.64 bits per heavy atom. The molecular formula is C32H36Cl3N3O5S. The highest BCUT2D eigenvalue weighted by molar-refractivity contribution is 7.92. The van der Waals surface area contributed by atoms with Crippen LogP contribution in [0.3, 0.4) is 0 Å². The van der Waals surface area contributed by atoms with E-state index in [9.17, 15) is 18.0 Å². The highest BCUT2D eigenvalue weighted by Gasteiger charge is 2.35. The highest BCUT2D eigenvalue weighted by Crippen LogP contribution is 2.33. The summed E-state index contributed by atoms with van der Waals surface area (Å²) in [6.07, 6.45) is 4.13. The Morgan fingerprint density at radius 1 is 0.955 bits per heavy atom. The first-order valence-electron chi connectivity index (χ1n) is 14.4. The van der Waals surface area contributed by atoms with E-state index in [1.54, 1.807) is 30.3 Å². The summed E-state index contributed by atoms with van der Waals surface area (Å²) in [6, 6.07) is 15.0. The molecule has 2 amide bonds. The Labute approximate surface area is 274 Å². The number of amides is 2. The van der Waals surface area contributed by atoms with Gasteiger partial charge in [-0.15, -0.1) is 0 Å². The topological polar surface area (TPSA) is 96.0 Å². The molecule has 0 bridgehead atoms. The maximum atomic E-state index is 14.3. The smallest absolute Gasteiger partial charge is 0.264 e. The van der Waals surface area contributed by atoms with Crippen LogP contribution in [-0.2, 0) is 26.2 Å². The first kappa shape index (κ1) is 33.9. The molecule has 1 aliphatic carbocycles. The van der Waals surface area contributed by atoms with Crippen LogP contribution in [-0.4, -0.2) is 50.9 Å². The molecule has 0 unspecified atom stereocenters. The van der Waals surface area contributed by atoms with Crippen molar-refractivity contribution in [3.8, 4) is 5.75 Å². The predicted octanol–water partition coefficient (Wildman–Crippen LogP) is 7.03. The average molecular weight is 681 g/mol. The molecule has 3 aromatic rings. The minimum absolute atomic E-state index is 0.00453. The van der Waals surface area contributed by atoms with Crippen LogP contribution in [0.1, 0.15) is 50.2 Å². The number of anilines is 1. The molecule has 0 radical (unpaired) electrons. The van der Waals surface area contributed by atoms with E-state index in [0.29, 0.717) is 27.8 Å². The second-order valence-corrected chi connectivity index (χ2v) is 13.9. The predicted molar refractivity (Wildman–Crippen MR) is 175 cm³/mol. The molecule has 1 atom stereocenters. The van der Waals surface area contributed by atoms with Crippen LogP contribution < -0.4 is 14.4 Å². The fourth-order valence-electron chi connectivity index (χ4n) is 5.30. The lowest BCUT2D eigenvalue weighted by Crippen LogP contribution is -2.53. The lowest BCUT2D eigenvalue weighted by atomic mass is 10.1. The second-order valence-electron chi connectivity index (χ2n) is 10.8. The summed E-state index contributed by atoms with van der Waals surface area (Å²) in [7, 11) is -2.79. The van der Waals surface area contributed by atoms with Gasteiger partial charge in [-0.2, -0.15) is 0 Å². The van der Waals surface area contributed by atoms with Gasteiger partial charge in [0.25, 0.3) is 10.0 Å². The SMILES string of the molecule is CC[C@@H](C(=O)NC1CCCC1)N(Cc1ccc(Cl)c(Cl)c1)C(=O)CN(c1ccc(OC)c(Cl)c1)S(=O)(=O)c1ccc(C)cc1. The van der Waals surface area contributed by atoms with Crippen molar-refractivity contribution >= 4 is 62.3 Å². The van der Waals surface area contributed by atoms with Crippen molar-refractivity contribution in [1.82, 2.24) is 10.2 Å². The van der Waals surface area contributed by atoms with E-state index in [1.807, 2.05) is 13.8 Å². The molecule has 12 heteroatoms. The van der Waals surface area contributed by atoms with Gasteiger partial charge in [-0.1, -0.05) is 78.3 Å². The Kier molecular flexibility index (Phi) is 11.5. The number of aryl methyl sites for hydroxylation is 1. The minimum Gasteiger partial charge on any atom is -0.495 e. The molecule has 3 aromatic carbocycles. The second kappa shape index (κ2) is 14.9. The zero-order valence-electron chi connectivity index (χ0n) is 24.9. The Morgan fingerprint density at radius 3 is 2.23 bits per heavy atom. The third-order valence-corrected chi connectivity index (χ3v) is 10.6. The minimum atomic E-state index is -4.25. The van der Waals surface area contributed by atoms with Gasteiger partial charge in [0.05, 0.1) is 32.8 Å². The van der Waals surface area contributed by atoms with E-state index in [-0.39, 0.29) is 34.1 Å². The number of nitrogens with one attached hydrogen (secondary N) is 1. The summed E-state index contributed by atoms with van der Waals surface area (Å²) in [5, 5.41) is 3.93. The van der Waals surface area contributed by atoms with Gasteiger partial charge in [0, 0.05) is 12.6 Å². The van der Waals surface area contributed by atoms with E-state index < -0.39 is 28.5 Å². The van der Waals surface area contributed by atoms with E-state index in [2.05, 4.69) is 5.32 Å². The Balaban J connectivity index is 1.75. The number of nitrogens with zero attached hydrogens (tertiary/aromatic N) is 2. The first-order valence-corrected chi connectivity index (χ1v) is 17.0. The van der Waals surface area contributed by atoms with Crippen LogP contribution in [0.5, 0.6) is 5.75 Å². The number of hydrogen-bond donors (Lipinski definition) is 1. The molecule has 1 saturated carbocycles. The normalized spacial score (nSPS) is 14.2. The van der Waals surface area contributed by atoms with Gasteiger partial charge in [-0.05, 0) is 74.2 Å². The van der Waals surface area contributed by atoms with Gasteiger partial charge in [-0.3, -0.25) is 13.9 Å². The van der Waals surface area contributed by atoms with Gasteiger partial charge >= 0.3 is 0 Å². The third-order valence-electron chi connectivity index (χ3n) is 7.74. The molecule has 0 heterocycles. The van der Waals surface area contributed by atoms with Gasteiger partial charge in [0.1, 0.15) is 18.3 Å². The molecule has 0 aromatic heterocycles. The molecule has 4 rings (SSSR count). The summed E-state index contributed by atoms with van der Waals surface area (Å²) in [6.45, 7) is 3.09. The molecule has 0 saturated heterocycles. The molecule has 44 heavy (non-hydrogen) atoms. The van der Waals surface area contributed by atoms with Crippen molar-refractivity contribution in [2.75, 3.05) is 18.0 Å². The van der Waals surface area contributed by atoms with Crippen LogP contribution in [0.25, 0.3) is 0 Å². The fraction of sp³-hybridized carbons (Fsp3) is 0.375. The van der Waals surface area contributed by atoms with Crippen LogP contribution >= 0.6 is 34.8 Å². The maximum Gasteiger partial charge on any atom is 0.264 e. The monoisotopic (exact) mass is 679 g/mol. The number of hydrogen-bond acceptors (Lipinski definition) is 5. The van der Waals surface area contributed by atoms with Crippen LogP contribution in [0.2, 0.25) is 15.1 Å². The summed E-state index contributed by atoms with van der Waals surface area (Å²) < 4.78 is 34.4. The largest absolute Gasteiger partial charge is 0.495 e. The molecule has 0 aliphatic heterocycles. The van der Waals surface area contributed by atoms with Crippen LogP contribution in [0, 0.1) is 6.92 Å². The van der Waals surface area contributed by atoms with E-state index in [1.165, 1.54) is 42.3 Å². The molecular weight excluding hydrogens is 645 g/mol. The lowest BCUT2D eigenvalue weighted by Gasteiger charge is -2.34. The number of carbonyl (C=O) groups excluding carboxylic acids is 2. The van der Waals surface area contributed by atoms with Gasteiger partial charge in [-0.25, -0.2) is 8.42 Å². The Bertz CT molecular complexity index is 1600. The van der Waals surface area contributed by atoms with Crippen molar-refractivity contribution in [3.05, 3.63) is 86.9 Å². The van der Waals surface area contributed by atoms with Crippen molar-refractivity contribution < 1.29 is 22.7 Å². The highest BCUT2D eigenvalue weighted by atomic mass is 35.5. The molecule has 1 aliphatic rings. The number of ether oxygens (including phenoxy) is 1. The first-order chi connectivity index (χ1) is 20.9. The fourth-order valence-corrected chi connectivity index (χ4v) is 7.28. The molecule has 8 nitrogen and oxygen atoms in total. The van der Waals surface area contributed by atoms with Crippen molar-refractivity contribution in [3.63, 3.8) is 0 Å². The van der Waals surface area contributed by atoms with Gasteiger partial charge < -0.3 is 15.0 Å². The number of rotatable bonds is 12. The lowest BCUT2D eigenvalue weighted by molar-refractivity contribution is -0.140. The van der Waals surface area contributed by atoms with E-state index >= 15 is 0 Å². The van der Waals surface area contributed by atoms with Crippen molar-refractivity contribution in [2.45, 2.75) is 69.5 Å². The van der Waals surface area contributed by atoms with E-state index in [4.69, 9.17) is 39.5 Å². The summed E-state index contributed by atoms with van der Waals surface area (Å²) >= 11 is 18.8. The van der Waals surface area contributed by atoms with Gasteiger partial charge in [0.15, 0.2) is 0 Å². The number of methoxy groups -OCH3 is 1. The van der Waals surface area contributed by atoms with Crippen molar-refractivity contribution in [2.24, 2.45) is 0 Å². The van der Waals surface area contributed by atoms with Crippen LogP contribution in [0.15, 0.2) is 65.6 Å². The average Bonchev–Trinajstić information content (AvgIpc) is 3.50. The zero-order chi connectivity index (χ0) is 32.0. The van der Waals surface area contributed by atoms with Gasteiger partial charge in [0.2, 0.25) is 11.8 Å². The summed E-state index contributed by atoms with van der Waals surface area (Å²) in [4.78, 5) is 29.3. The third kappa shape index (κ3) is 7.99. The van der Waals surface area contributed by atoms with Crippen molar-refractivity contribution in [1.29, 1.82) is 0 Å². The quantitative estimate of drug-likeness (QED) is 0.222. The number of carbonyl (C=O) groups is 2. The molecule has 1 fully saturated rings. The summed E-state index contributed by atoms with van der Waals surface area (Å²) in [5.41, 5.74) is 1.69. The number of halogens is 3. The van der Waals surface area contributed by atoms with Crippen LogP contribution in [0.4, 0.5) is 5.69 Å². The zero-order valence-corrected chi connectivity index (χ0v) is 27.9. The van der Waals surface area contributed by atoms with E-state index in [0.717, 1.165) is 35.6 Å². The standard InChI is InChI=1S/C32H36Cl3N3O5S/c1-4-29(32(40)36-23-7-5-6-8-23)37(19-22-11-15-26(33)27(34)17-22)31(39)20-38(24-12-16-30(43-3)28(35)18-24)44(41,42)25-13-9-21(2)10-14-25/h9-18,23,29H,4-8,19-20H2,1-3H3,(H,36,40)/t29-/m0/s1. The number of benzene rings is 3. The molecule has 1 N–H and O–H groups in total. The molecule has 0 spiro atoms.